The van der Waals surface area contributed by atoms with Gasteiger partial charge in [-0.05, 0) is 37.5 Å². The third-order valence-electron chi connectivity index (χ3n) is 4.54. The highest BCUT2D eigenvalue weighted by molar-refractivity contribution is 5.40. The number of nitrogens with one attached hydrogen (secondary N) is 1. The van der Waals surface area contributed by atoms with Gasteiger partial charge in [0, 0.05) is 31.7 Å². The highest BCUT2D eigenvalue weighted by Gasteiger charge is 2.20. The second-order valence-corrected chi connectivity index (χ2v) is 6.49. The van der Waals surface area contributed by atoms with Gasteiger partial charge in [-0.1, -0.05) is 6.07 Å². The quantitative estimate of drug-likeness (QED) is 0.769. The van der Waals surface area contributed by atoms with Crippen LogP contribution in [0.5, 0.6) is 17.6 Å². The number of piperidine rings is 1. The minimum atomic E-state index is -0.327. The molecule has 0 aliphatic carbocycles. The van der Waals surface area contributed by atoms with Gasteiger partial charge in [0.05, 0.1) is 13.7 Å². The smallest absolute Gasteiger partial charge is 0.319 e. The van der Waals surface area contributed by atoms with E-state index >= 15 is 0 Å². The number of nitrogens with zero attached hydrogens (tertiary/aromatic N) is 3. The largest absolute Gasteiger partial charge is 0.491 e. The molecule has 2 heterocycles. The number of aromatic hydroxyl groups is 1. The predicted octanol–water partition coefficient (Wildman–Crippen LogP) is 2.81. The zero-order valence-corrected chi connectivity index (χ0v) is 15.6. The fraction of sp³-hybridized carbons (Fsp3) is 0.474. The zero-order chi connectivity index (χ0) is 19.2. The first-order valence-corrected chi connectivity index (χ1v) is 9.09. The van der Waals surface area contributed by atoms with Gasteiger partial charge in [-0.3, -0.25) is 4.90 Å². The van der Waals surface area contributed by atoms with E-state index in [1.54, 1.807) is 18.2 Å². The Bertz CT molecular complexity index is 767. The highest BCUT2D eigenvalue weighted by atomic mass is 19.1. The van der Waals surface area contributed by atoms with E-state index < -0.39 is 0 Å². The Kier molecular flexibility index (Phi) is 6.28. The van der Waals surface area contributed by atoms with Gasteiger partial charge in [-0.15, -0.1) is 0 Å². The van der Waals surface area contributed by atoms with E-state index in [0.29, 0.717) is 24.1 Å². The average Bonchev–Trinajstić information content (AvgIpc) is 2.66. The summed E-state index contributed by atoms with van der Waals surface area (Å²) in [5, 5.41) is 12.9. The summed E-state index contributed by atoms with van der Waals surface area (Å²) in [5.74, 6) is 0.859. The molecule has 0 saturated carbocycles. The van der Waals surface area contributed by atoms with Crippen molar-refractivity contribution >= 4 is 5.82 Å². The summed E-state index contributed by atoms with van der Waals surface area (Å²) < 4.78 is 24.1. The Hall–Kier alpha value is -2.61. The standard InChI is InChI=1S/C19H25FN4O3/c1-3-27-16-10-13(4-5-15(16)20)12-24-8-6-14(7-9-24)21-17-11-18(26-2)23-19(25)22-17/h4-5,10-11,14H,3,6-9,12H2,1-2H3,(H2,21,22,23,25). The fourth-order valence-electron chi connectivity index (χ4n) is 3.21. The molecule has 146 valence electrons. The lowest BCUT2D eigenvalue weighted by molar-refractivity contribution is 0.210. The molecule has 0 atom stereocenters. The van der Waals surface area contributed by atoms with E-state index in [9.17, 15) is 9.50 Å². The molecule has 1 fully saturated rings. The Morgan fingerprint density at radius 1 is 1.26 bits per heavy atom. The van der Waals surface area contributed by atoms with Crippen molar-refractivity contribution in [3.63, 3.8) is 0 Å². The van der Waals surface area contributed by atoms with Crippen LogP contribution in [0.4, 0.5) is 10.2 Å². The Balaban J connectivity index is 1.53. The Morgan fingerprint density at radius 3 is 2.74 bits per heavy atom. The molecule has 3 rings (SSSR count). The summed E-state index contributed by atoms with van der Waals surface area (Å²) in [6.45, 7) is 4.87. The van der Waals surface area contributed by atoms with Crippen LogP contribution in [0.15, 0.2) is 24.3 Å². The van der Waals surface area contributed by atoms with Gasteiger partial charge in [0.1, 0.15) is 5.82 Å². The Morgan fingerprint density at radius 2 is 2.04 bits per heavy atom. The number of hydrogen-bond donors (Lipinski definition) is 2. The van der Waals surface area contributed by atoms with E-state index in [4.69, 9.17) is 9.47 Å². The molecule has 0 radical (unpaired) electrons. The van der Waals surface area contributed by atoms with Gasteiger partial charge in [-0.2, -0.15) is 9.97 Å². The lowest BCUT2D eigenvalue weighted by atomic mass is 10.0. The van der Waals surface area contributed by atoms with Gasteiger partial charge >= 0.3 is 6.01 Å². The van der Waals surface area contributed by atoms with Gasteiger partial charge in [-0.25, -0.2) is 4.39 Å². The van der Waals surface area contributed by atoms with Crippen molar-refractivity contribution in [2.45, 2.75) is 32.4 Å². The molecule has 2 aromatic rings. The van der Waals surface area contributed by atoms with E-state index in [1.807, 2.05) is 6.92 Å². The number of methoxy groups -OCH3 is 1. The number of rotatable bonds is 7. The molecule has 1 aromatic heterocycles. The first-order chi connectivity index (χ1) is 13.1. The van der Waals surface area contributed by atoms with Crippen molar-refractivity contribution in [3.8, 4) is 17.6 Å². The van der Waals surface area contributed by atoms with Gasteiger partial charge in [0.25, 0.3) is 0 Å². The first kappa shape index (κ1) is 19.2. The number of likely N-dealkylation sites (tertiary alicyclic amines) is 1. The number of anilines is 1. The monoisotopic (exact) mass is 376 g/mol. The molecule has 1 aliphatic rings. The average molecular weight is 376 g/mol. The molecular formula is C19H25FN4O3. The van der Waals surface area contributed by atoms with Crippen LogP contribution >= 0.6 is 0 Å². The van der Waals surface area contributed by atoms with Crippen LogP contribution in [0.3, 0.4) is 0 Å². The van der Waals surface area contributed by atoms with Crippen molar-refractivity contribution in [2.24, 2.45) is 0 Å². The zero-order valence-electron chi connectivity index (χ0n) is 15.6. The van der Waals surface area contributed by atoms with Crippen LogP contribution in [0.2, 0.25) is 0 Å². The maximum Gasteiger partial charge on any atom is 0.319 e. The summed E-state index contributed by atoms with van der Waals surface area (Å²) in [6.07, 6.45) is 1.87. The molecular weight excluding hydrogens is 351 g/mol. The molecule has 1 aromatic carbocycles. The Labute approximate surface area is 158 Å². The van der Waals surface area contributed by atoms with Crippen LogP contribution in [0.1, 0.15) is 25.3 Å². The van der Waals surface area contributed by atoms with E-state index in [1.165, 1.54) is 13.2 Å². The first-order valence-electron chi connectivity index (χ1n) is 9.09. The maximum atomic E-state index is 13.7. The van der Waals surface area contributed by atoms with Gasteiger partial charge < -0.3 is 19.9 Å². The minimum absolute atomic E-state index is 0.257. The fourth-order valence-corrected chi connectivity index (χ4v) is 3.21. The van der Waals surface area contributed by atoms with Crippen molar-refractivity contribution in [1.82, 2.24) is 14.9 Å². The molecule has 1 aliphatic heterocycles. The predicted molar refractivity (Wildman–Crippen MR) is 99.7 cm³/mol. The minimum Gasteiger partial charge on any atom is -0.491 e. The van der Waals surface area contributed by atoms with E-state index in [-0.39, 0.29) is 17.9 Å². The number of halogens is 1. The van der Waals surface area contributed by atoms with Crippen molar-refractivity contribution in [3.05, 3.63) is 35.6 Å². The number of benzene rings is 1. The molecule has 0 spiro atoms. The topological polar surface area (TPSA) is 79.7 Å². The number of aromatic nitrogens is 2. The van der Waals surface area contributed by atoms with Crippen LogP contribution < -0.4 is 14.8 Å². The molecule has 0 bridgehead atoms. The SMILES string of the molecule is CCOc1cc(CN2CCC(Nc3cc(OC)nc(O)n3)CC2)ccc1F. The van der Waals surface area contributed by atoms with Crippen molar-refractivity contribution < 1.29 is 19.0 Å². The van der Waals surface area contributed by atoms with Gasteiger partial charge in [0.15, 0.2) is 11.6 Å². The third kappa shape index (κ3) is 5.19. The summed E-state index contributed by atoms with van der Waals surface area (Å²) in [7, 11) is 1.50. The highest BCUT2D eigenvalue weighted by Crippen LogP contribution is 2.23. The summed E-state index contributed by atoms with van der Waals surface area (Å²) >= 11 is 0. The van der Waals surface area contributed by atoms with Crippen molar-refractivity contribution in [2.75, 3.05) is 32.1 Å². The lowest BCUT2D eigenvalue weighted by Gasteiger charge is -2.32. The normalized spacial score (nSPS) is 15.5. The van der Waals surface area contributed by atoms with E-state index in [0.717, 1.165) is 38.0 Å². The van der Waals surface area contributed by atoms with Crippen LogP contribution in [0, 0.1) is 5.82 Å². The lowest BCUT2D eigenvalue weighted by Crippen LogP contribution is -2.38. The van der Waals surface area contributed by atoms with Crippen molar-refractivity contribution in [1.29, 1.82) is 0 Å². The molecule has 2 N–H and O–H groups in total. The van der Waals surface area contributed by atoms with Crippen LogP contribution in [-0.4, -0.2) is 52.8 Å². The summed E-state index contributed by atoms with van der Waals surface area (Å²) in [4.78, 5) is 10.1. The molecule has 0 unspecified atom stereocenters. The maximum absolute atomic E-state index is 13.7. The molecule has 7 nitrogen and oxygen atoms in total. The number of hydrogen-bond acceptors (Lipinski definition) is 7. The second kappa shape index (κ2) is 8.85. The van der Waals surface area contributed by atoms with Crippen LogP contribution in [-0.2, 0) is 6.54 Å². The second-order valence-electron chi connectivity index (χ2n) is 6.49. The molecule has 8 heteroatoms. The molecule has 1 saturated heterocycles. The number of ether oxygens (including phenoxy) is 2. The molecule has 0 amide bonds. The van der Waals surface area contributed by atoms with Crippen LogP contribution in [0.25, 0.3) is 0 Å². The third-order valence-corrected chi connectivity index (χ3v) is 4.54. The van der Waals surface area contributed by atoms with Gasteiger partial charge in [0.2, 0.25) is 5.88 Å². The van der Waals surface area contributed by atoms with E-state index in [2.05, 4.69) is 20.2 Å². The summed E-state index contributed by atoms with van der Waals surface area (Å²) in [6, 6.07) is 6.66. The summed E-state index contributed by atoms with van der Waals surface area (Å²) in [5.41, 5.74) is 1.04. The molecule has 27 heavy (non-hydrogen) atoms.